The molecule has 0 saturated carbocycles. The molecule has 2 aromatic heterocycles. The van der Waals surface area contributed by atoms with Crippen molar-refractivity contribution in [1.82, 2.24) is 24.3 Å². The Kier molecular flexibility index (Phi) is 5.10. The predicted molar refractivity (Wildman–Crippen MR) is 130 cm³/mol. The molecule has 0 fully saturated rings. The maximum absolute atomic E-state index is 4.67. The first-order chi connectivity index (χ1) is 15.5. The van der Waals surface area contributed by atoms with Crippen LogP contribution in [0.25, 0.3) is 33.8 Å². The monoisotopic (exact) mass is 421 g/mol. The third-order valence-electron chi connectivity index (χ3n) is 5.94. The molecule has 5 rings (SSSR count). The van der Waals surface area contributed by atoms with Gasteiger partial charge in [0.2, 0.25) is 0 Å². The molecule has 0 radical (unpaired) electrons. The Balaban J connectivity index is 1.65. The summed E-state index contributed by atoms with van der Waals surface area (Å²) in [5.74, 6) is 1.59. The van der Waals surface area contributed by atoms with Gasteiger partial charge in [-0.1, -0.05) is 64.1 Å². The quantitative estimate of drug-likeness (QED) is 0.324. The summed E-state index contributed by atoms with van der Waals surface area (Å²) in [6, 6.07) is 23.1. The molecular formula is C27H27N5. The van der Waals surface area contributed by atoms with Crippen molar-refractivity contribution in [2.75, 3.05) is 0 Å². The molecule has 160 valence electrons. The van der Waals surface area contributed by atoms with Crippen molar-refractivity contribution in [3.05, 3.63) is 90.5 Å². The van der Waals surface area contributed by atoms with Gasteiger partial charge < -0.3 is 0 Å². The number of fused-ring (bicyclic) bond motifs is 1. The zero-order valence-electron chi connectivity index (χ0n) is 18.9. The lowest BCUT2D eigenvalue weighted by molar-refractivity contribution is 0.773. The Bertz CT molecular complexity index is 1350. The first kappa shape index (κ1) is 20.2. The van der Waals surface area contributed by atoms with E-state index in [1.165, 1.54) is 11.1 Å². The van der Waals surface area contributed by atoms with Crippen molar-refractivity contribution in [3.63, 3.8) is 0 Å². The third kappa shape index (κ3) is 3.40. The summed E-state index contributed by atoms with van der Waals surface area (Å²) >= 11 is 0. The lowest BCUT2D eigenvalue weighted by atomic mass is 9.92. The summed E-state index contributed by atoms with van der Waals surface area (Å²) in [7, 11) is 0. The molecular weight excluding hydrogens is 394 g/mol. The van der Waals surface area contributed by atoms with Crippen molar-refractivity contribution in [3.8, 4) is 22.8 Å². The SMILES string of the molecule is CC(C)c1cccc(C(C)C)c1-n1ncnc1-c1ccc2c(c1)ncn2-c1ccccc1. The highest BCUT2D eigenvalue weighted by Gasteiger charge is 2.20. The standard InChI is InChI=1S/C27H27N5/c1-18(2)22-11-8-12-23(19(3)4)26(22)32-27(28-16-30-32)20-13-14-25-24(15-20)29-17-31(25)21-9-6-5-7-10-21/h5-19H,1-4H3. The number of aromatic nitrogens is 5. The molecule has 5 aromatic rings. The van der Waals surface area contributed by atoms with Crippen LogP contribution >= 0.6 is 0 Å². The molecule has 0 bridgehead atoms. The second-order valence-electron chi connectivity index (χ2n) is 8.74. The fourth-order valence-electron chi connectivity index (χ4n) is 4.30. The van der Waals surface area contributed by atoms with Gasteiger partial charge in [0.1, 0.15) is 12.7 Å². The van der Waals surface area contributed by atoms with Gasteiger partial charge in [-0.25, -0.2) is 14.6 Å². The second-order valence-corrected chi connectivity index (χ2v) is 8.74. The molecule has 0 aliphatic heterocycles. The van der Waals surface area contributed by atoms with Crippen LogP contribution in [0.5, 0.6) is 0 Å². The summed E-state index contributed by atoms with van der Waals surface area (Å²) in [6.07, 6.45) is 3.52. The molecule has 3 aromatic carbocycles. The molecule has 2 heterocycles. The second kappa shape index (κ2) is 8.08. The number of hydrogen-bond donors (Lipinski definition) is 0. The van der Waals surface area contributed by atoms with Crippen LogP contribution < -0.4 is 0 Å². The van der Waals surface area contributed by atoms with Gasteiger partial charge in [0.15, 0.2) is 5.82 Å². The van der Waals surface area contributed by atoms with E-state index >= 15 is 0 Å². The van der Waals surface area contributed by atoms with Gasteiger partial charge in [-0.15, -0.1) is 0 Å². The number of nitrogens with zero attached hydrogens (tertiary/aromatic N) is 5. The summed E-state index contributed by atoms with van der Waals surface area (Å²) in [6.45, 7) is 8.90. The Hall–Kier alpha value is -3.73. The zero-order valence-corrected chi connectivity index (χ0v) is 18.9. The van der Waals surface area contributed by atoms with Gasteiger partial charge in [-0.05, 0) is 53.3 Å². The van der Waals surface area contributed by atoms with Gasteiger partial charge in [0, 0.05) is 11.3 Å². The Morgan fingerprint density at radius 2 is 1.47 bits per heavy atom. The first-order valence-corrected chi connectivity index (χ1v) is 11.1. The molecule has 5 heteroatoms. The van der Waals surface area contributed by atoms with Crippen molar-refractivity contribution < 1.29 is 0 Å². The molecule has 0 atom stereocenters. The average Bonchev–Trinajstić information content (AvgIpc) is 3.45. The highest BCUT2D eigenvalue weighted by molar-refractivity contribution is 5.82. The largest absolute Gasteiger partial charge is 0.299 e. The first-order valence-electron chi connectivity index (χ1n) is 11.1. The Morgan fingerprint density at radius 1 is 0.750 bits per heavy atom. The van der Waals surface area contributed by atoms with E-state index in [0.717, 1.165) is 33.8 Å². The zero-order chi connectivity index (χ0) is 22.2. The minimum atomic E-state index is 0.379. The van der Waals surface area contributed by atoms with Crippen LogP contribution in [-0.4, -0.2) is 24.3 Å². The number of rotatable bonds is 5. The van der Waals surface area contributed by atoms with Crippen LogP contribution in [0.4, 0.5) is 0 Å². The fraction of sp³-hybridized carbons (Fsp3) is 0.222. The number of imidazole rings is 1. The Morgan fingerprint density at radius 3 is 2.16 bits per heavy atom. The summed E-state index contributed by atoms with van der Waals surface area (Å²) in [4.78, 5) is 9.32. The van der Waals surface area contributed by atoms with Crippen molar-refractivity contribution >= 4 is 11.0 Å². The average molecular weight is 422 g/mol. The van der Waals surface area contributed by atoms with Gasteiger partial charge in [-0.3, -0.25) is 4.57 Å². The predicted octanol–water partition coefficient (Wildman–Crippen LogP) is 6.52. The Labute approximate surface area is 188 Å². The lowest BCUT2D eigenvalue weighted by Gasteiger charge is -2.20. The molecule has 5 nitrogen and oxygen atoms in total. The molecule has 0 aliphatic rings. The van der Waals surface area contributed by atoms with Crippen LogP contribution in [0.2, 0.25) is 0 Å². The van der Waals surface area contributed by atoms with E-state index in [1.54, 1.807) is 6.33 Å². The number of benzene rings is 3. The maximum atomic E-state index is 4.67. The van der Waals surface area contributed by atoms with Crippen LogP contribution in [0.3, 0.4) is 0 Å². The molecule has 32 heavy (non-hydrogen) atoms. The smallest absolute Gasteiger partial charge is 0.163 e. The number of hydrogen-bond acceptors (Lipinski definition) is 3. The summed E-state index contributed by atoms with van der Waals surface area (Å²) < 4.78 is 4.11. The normalized spacial score (nSPS) is 11.7. The minimum Gasteiger partial charge on any atom is -0.299 e. The molecule has 0 amide bonds. The molecule has 0 unspecified atom stereocenters. The highest BCUT2D eigenvalue weighted by Crippen LogP contribution is 2.33. The number of para-hydroxylation sites is 2. The topological polar surface area (TPSA) is 48.5 Å². The van der Waals surface area contributed by atoms with Gasteiger partial charge >= 0.3 is 0 Å². The minimum absolute atomic E-state index is 0.379. The summed E-state index contributed by atoms with van der Waals surface area (Å²) in [5, 5.41) is 4.66. The van der Waals surface area contributed by atoms with Crippen LogP contribution in [-0.2, 0) is 0 Å². The summed E-state index contributed by atoms with van der Waals surface area (Å²) in [5.41, 5.74) is 7.79. The van der Waals surface area contributed by atoms with Gasteiger partial charge in [-0.2, -0.15) is 5.10 Å². The van der Waals surface area contributed by atoms with Crippen molar-refractivity contribution in [1.29, 1.82) is 0 Å². The molecule has 0 N–H and O–H groups in total. The van der Waals surface area contributed by atoms with E-state index in [2.05, 4.69) is 95.9 Å². The van der Waals surface area contributed by atoms with Crippen LogP contribution in [0.1, 0.15) is 50.7 Å². The van der Waals surface area contributed by atoms with E-state index in [0.29, 0.717) is 11.8 Å². The van der Waals surface area contributed by atoms with E-state index < -0.39 is 0 Å². The van der Waals surface area contributed by atoms with Gasteiger partial charge in [0.25, 0.3) is 0 Å². The molecule has 0 spiro atoms. The van der Waals surface area contributed by atoms with Crippen LogP contribution in [0.15, 0.2) is 79.4 Å². The van der Waals surface area contributed by atoms with Gasteiger partial charge in [0.05, 0.1) is 16.7 Å². The lowest BCUT2D eigenvalue weighted by Crippen LogP contribution is -2.09. The molecule has 0 saturated heterocycles. The van der Waals surface area contributed by atoms with E-state index in [9.17, 15) is 0 Å². The van der Waals surface area contributed by atoms with Crippen molar-refractivity contribution in [2.45, 2.75) is 39.5 Å². The van der Waals surface area contributed by atoms with E-state index in [-0.39, 0.29) is 0 Å². The fourth-order valence-corrected chi connectivity index (χ4v) is 4.30. The maximum Gasteiger partial charge on any atom is 0.163 e. The van der Waals surface area contributed by atoms with Crippen LogP contribution in [0, 0.1) is 0 Å². The third-order valence-corrected chi connectivity index (χ3v) is 5.94. The molecule has 0 aliphatic carbocycles. The van der Waals surface area contributed by atoms with Crippen molar-refractivity contribution in [2.24, 2.45) is 0 Å². The van der Waals surface area contributed by atoms with E-state index in [1.807, 2.05) is 29.2 Å². The van der Waals surface area contributed by atoms with E-state index in [4.69, 9.17) is 0 Å². The highest BCUT2D eigenvalue weighted by atomic mass is 15.3.